The van der Waals surface area contributed by atoms with Crippen molar-refractivity contribution in [2.24, 2.45) is 0 Å². The zero-order valence-corrected chi connectivity index (χ0v) is 17.1. The molecule has 0 aliphatic heterocycles. The summed E-state index contributed by atoms with van der Waals surface area (Å²) in [6, 6.07) is 9.58. The number of benzene rings is 2. The van der Waals surface area contributed by atoms with E-state index in [1.54, 1.807) is 12.1 Å². The average Bonchev–Trinajstić information content (AvgIpc) is 3.43. The van der Waals surface area contributed by atoms with Crippen LogP contribution in [0.4, 0.5) is 13.2 Å². The van der Waals surface area contributed by atoms with Gasteiger partial charge in [0.05, 0.1) is 18.7 Å². The summed E-state index contributed by atoms with van der Waals surface area (Å²) < 4.78 is 50.2. The van der Waals surface area contributed by atoms with Crippen LogP contribution in [0.5, 0.6) is 11.5 Å². The largest absolute Gasteiger partial charge is 0.457 e. The Morgan fingerprint density at radius 3 is 1.91 bits per heavy atom. The van der Waals surface area contributed by atoms with E-state index in [1.807, 2.05) is 0 Å². The summed E-state index contributed by atoms with van der Waals surface area (Å²) in [4.78, 5) is 7.58. The molecule has 8 nitrogen and oxygen atoms in total. The van der Waals surface area contributed by atoms with Gasteiger partial charge < -0.3 is 9.84 Å². The van der Waals surface area contributed by atoms with Crippen molar-refractivity contribution in [3.63, 3.8) is 0 Å². The number of hydrogen-bond donors (Lipinski definition) is 1. The first-order valence-corrected chi connectivity index (χ1v) is 9.63. The Morgan fingerprint density at radius 2 is 1.41 bits per heavy atom. The number of aromatic nitrogens is 6. The third-order valence-corrected chi connectivity index (χ3v) is 4.88. The third-order valence-electron chi connectivity index (χ3n) is 4.63. The van der Waals surface area contributed by atoms with Crippen LogP contribution in [-0.2, 0) is 24.9 Å². The summed E-state index contributed by atoms with van der Waals surface area (Å²) in [5.41, 5.74) is -3.45. The molecule has 0 aliphatic rings. The van der Waals surface area contributed by atoms with Crippen molar-refractivity contribution in [2.75, 3.05) is 0 Å². The molecule has 0 fully saturated rings. The van der Waals surface area contributed by atoms with Gasteiger partial charge in [0, 0.05) is 5.02 Å². The van der Waals surface area contributed by atoms with Crippen molar-refractivity contribution in [1.82, 2.24) is 29.5 Å². The first kappa shape index (κ1) is 21.8. The highest BCUT2D eigenvalue weighted by atomic mass is 35.5. The summed E-state index contributed by atoms with van der Waals surface area (Å²) in [6.07, 6.45) is 0.288. The van der Waals surface area contributed by atoms with Crippen LogP contribution in [0, 0.1) is 0 Å². The average molecular weight is 465 g/mol. The topological polar surface area (TPSA) is 90.9 Å². The lowest BCUT2D eigenvalue weighted by molar-refractivity contribution is -0.141. The van der Waals surface area contributed by atoms with Gasteiger partial charge in [-0.05, 0) is 42.0 Å². The summed E-state index contributed by atoms with van der Waals surface area (Å²) in [6.45, 7) is -0.597. The first-order chi connectivity index (χ1) is 15.2. The van der Waals surface area contributed by atoms with E-state index in [9.17, 15) is 18.3 Å². The van der Waals surface area contributed by atoms with E-state index in [0.29, 0.717) is 10.8 Å². The van der Waals surface area contributed by atoms with Gasteiger partial charge in [0.15, 0.2) is 0 Å². The molecule has 166 valence electrons. The summed E-state index contributed by atoms with van der Waals surface area (Å²) >= 11 is 5.83. The van der Waals surface area contributed by atoms with Crippen LogP contribution in [0.1, 0.15) is 11.1 Å². The molecule has 0 atom stereocenters. The van der Waals surface area contributed by atoms with E-state index in [2.05, 4.69) is 20.2 Å². The molecule has 0 aliphatic carbocycles. The summed E-state index contributed by atoms with van der Waals surface area (Å²) in [5, 5.41) is 19.7. The fourth-order valence-corrected chi connectivity index (χ4v) is 3.38. The molecule has 1 N–H and O–H groups in total. The fraction of sp³-hybridized carbons (Fsp3) is 0.200. The minimum absolute atomic E-state index is 0.0488. The molecule has 0 bridgehead atoms. The van der Waals surface area contributed by atoms with Gasteiger partial charge in [0.1, 0.15) is 42.4 Å². The number of hydrogen-bond acceptors (Lipinski definition) is 6. The molecule has 2 heterocycles. The Hall–Kier alpha value is -3.44. The van der Waals surface area contributed by atoms with Crippen molar-refractivity contribution >= 4 is 11.6 Å². The van der Waals surface area contributed by atoms with E-state index < -0.39 is 17.3 Å². The number of aliphatic hydroxyl groups is 1. The molecular weight excluding hydrogens is 449 g/mol. The van der Waals surface area contributed by atoms with Crippen molar-refractivity contribution in [2.45, 2.75) is 24.9 Å². The van der Waals surface area contributed by atoms with Gasteiger partial charge >= 0.3 is 6.18 Å². The Balaban J connectivity index is 1.76. The number of ether oxygens (including phenoxy) is 1. The van der Waals surface area contributed by atoms with E-state index in [0.717, 1.165) is 6.07 Å². The van der Waals surface area contributed by atoms with Crippen molar-refractivity contribution < 1.29 is 23.0 Å². The van der Waals surface area contributed by atoms with Crippen LogP contribution in [-0.4, -0.2) is 34.6 Å². The minimum atomic E-state index is -4.77. The van der Waals surface area contributed by atoms with Gasteiger partial charge in [-0.15, -0.1) is 0 Å². The standard InChI is InChI=1S/C20H16ClF3N6O2/c21-14-1-3-15(4-2-14)32-16-5-6-17(18(7-16)20(22,23)24)19(31,8-29-12-25-10-27-29)9-30-13-26-11-28-30/h1-7,10-13,31H,8-9H2. The Labute approximate surface area is 184 Å². The maximum Gasteiger partial charge on any atom is 0.416 e. The van der Waals surface area contributed by atoms with Crippen LogP contribution in [0.3, 0.4) is 0 Å². The van der Waals surface area contributed by atoms with Gasteiger partial charge in [-0.1, -0.05) is 17.7 Å². The smallest absolute Gasteiger partial charge is 0.416 e. The fourth-order valence-electron chi connectivity index (χ4n) is 3.25. The molecule has 0 saturated carbocycles. The van der Waals surface area contributed by atoms with E-state index >= 15 is 0 Å². The first-order valence-electron chi connectivity index (χ1n) is 9.25. The second-order valence-corrected chi connectivity index (χ2v) is 7.42. The predicted molar refractivity (Wildman–Crippen MR) is 107 cm³/mol. The monoisotopic (exact) mass is 464 g/mol. The molecule has 2 aromatic carbocycles. The number of nitrogens with zero attached hydrogens (tertiary/aromatic N) is 6. The van der Waals surface area contributed by atoms with Gasteiger partial charge in [0.25, 0.3) is 0 Å². The second kappa shape index (κ2) is 8.60. The van der Waals surface area contributed by atoms with Crippen LogP contribution >= 0.6 is 11.6 Å². The van der Waals surface area contributed by atoms with Crippen molar-refractivity contribution in [3.8, 4) is 11.5 Å². The number of halogens is 4. The molecule has 4 rings (SSSR count). The third kappa shape index (κ3) is 4.89. The molecule has 0 unspecified atom stereocenters. The van der Waals surface area contributed by atoms with Crippen LogP contribution in [0.2, 0.25) is 5.02 Å². The predicted octanol–water partition coefficient (Wildman–Crippen LogP) is 3.92. The lowest BCUT2D eigenvalue weighted by Crippen LogP contribution is -2.38. The van der Waals surface area contributed by atoms with E-state index in [-0.39, 0.29) is 24.4 Å². The summed E-state index contributed by atoms with van der Waals surface area (Å²) in [5.74, 6) is 0.267. The van der Waals surface area contributed by atoms with Crippen molar-refractivity contribution in [3.05, 3.63) is 83.9 Å². The highest BCUT2D eigenvalue weighted by Crippen LogP contribution is 2.41. The quantitative estimate of drug-likeness (QED) is 0.446. The summed E-state index contributed by atoms with van der Waals surface area (Å²) in [7, 11) is 0. The zero-order valence-electron chi connectivity index (χ0n) is 16.3. The minimum Gasteiger partial charge on any atom is -0.457 e. The molecule has 2 aromatic heterocycles. The molecule has 0 radical (unpaired) electrons. The Morgan fingerprint density at radius 1 is 0.844 bits per heavy atom. The van der Waals surface area contributed by atoms with Crippen LogP contribution in [0.25, 0.3) is 0 Å². The maximum atomic E-state index is 14.1. The SMILES string of the molecule is OC(Cn1cncn1)(Cn1cncn1)c1ccc(Oc2ccc(Cl)cc2)cc1C(F)(F)F. The molecule has 4 aromatic rings. The highest BCUT2D eigenvalue weighted by Gasteiger charge is 2.42. The van der Waals surface area contributed by atoms with Gasteiger partial charge in [0.2, 0.25) is 0 Å². The molecule has 0 saturated heterocycles. The molecule has 12 heteroatoms. The van der Waals surface area contributed by atoms with E-state index in [4.69, 9.17) is 16.3 Å². The highest BCUT2D eigenvalue weighted by molar-refractivity contribution is 6.30. The van der Waals surface area contributed by atoms with Gasteiger partial charge in [-0.25, -0.2) is 19.3 Å². The van der Waals surface area contributed by atoms with Crippen LogP contribution < -0.4 is 4.74 Å². The number of rotatable bonds is 7. The van der Waals surface area contributed by atoms with Gasteiger partial charge in [-0.3, -0.25) is 0 Å². The van der Waals surface area contributed by atoms with Crippen LogP contribution in [0.15, 0.2) is 67.8 Å². The molecule has 32 heavy (non-hydrogen) atoms. The van der Waals surface area contributed by atoms with Crippen molar-refractivity contribution in [1.29, 1.82) is 0 Å². The lowest BCUT2D eigenvalue weighted by Gasteiger charge is -2.31. The molecule has 0 amide bonds. The normalized spacial score (nSPS) is 12.2. The Kier molecular flexibility index (Phi) is 5.85. The maximum absolute atomic E-state index is 14.1. The van der Waals surface area contributed by atoms with Gasteiger partial charge in [-0.2, -0.15) is 23.4 Å². The molecule has 0 spiro atoms. The van der Waals surface area contributed by atoms with E-state index in [1.165, 1.54) is 58.9 Å². The lowest BCUT2D eigenvalue weighted by atomic mass is 9.88. The number of alkyl halides is 3. The second-order valence-electron chi connectivity index (χ2n) is 6.98. The zero-order chi connectivity index (χ0) is 22.8. The molecular formula is C20H16ClF3N6O2. The Bertz CT molecular complexity index is 1130.